The number of aromatic nitrogens is 1. The predicted octanol–water partition coefficient (Wildman–Crippen LogP) is 0.847. The summed E-state index contributed by atoms with van der Waals surface area (Å²) in [5.74, 6) is 0. The molecule has 0 bridgehead atoms. The van der Waals surface area contributed by atoms with E-state index in [0.717, 1.165) is 6.07 Å². The van der Waals surface area contributed by atoms with Gasteiger partial charge < -0.3 is 0 Å². The summed E-state index contributed by atoms with van der Waals surface area (Å²) in [5.41, 5.74) is -1.07. The largest absolute Gasteiger partial charge is 0.266 e. The Morgan fingerprint density at radius 1 is 1.56 bits per heavy atom. The number of alkyl halides is 2. The smallest absolute Gasteiger partial charge is 0.224 e. The highest BCUT2D eigenvalue weighted by Crippen LogP contribution is 2.28. The molecule has 0 aliphatic rings. The summed E-state index contributed by atoms with van der Waals surface area (Å²) in [7, 11) is -4.38. The molecule has 1 rings (SSSR count). The summed E-state index contributed by atoms with van der Waals surface area (Å²) in [6, 6.07) is 2.65. The van der Waals surface area contributed by atoms with Gasteiger partial charge in [0, 0.05) is 0 Å². The zero-order chi connectivity index (χ0) is 12.5. The Labute approximate surface area is 90.6 Å². The van der Waals surface area contributed by atoms with E-state index in [1.807, 2.05) is 0 Å². The lowest BCUT2D eigenvalue weighted by Gasteiger charge is -2.09. The van der Waals surface area contributed by atoms with Gasteiger partial charge in [0.25, 0.3) is 16.4 Å². The number of primary sulfonamides is 1. The van der Waals surface area contributed by atoms with E-state index in [4.69, 9.17) is 10.4 Å². The van der Waals surface area contributed by atoms with Crippen LogP contribution in [-0.4, -0.2) is 13.4 Å². The first-order valence-electron chi connectivity index (χ1n) is 4.00. The third kappa shape index (κ3) is 2.32. The van der Waals surface area contributed by atoms with Gasteiger partial charge in [0.1, 0.15) is 11.8 Å². The molecule has 0 aliphatic heterocycles. The van der Waals surface area contributed by atoms with Crippen molar-refractivity contribution in [3.8, 4) is 6.07 Å². The molecular formula is C8H7F2N3O2S. The monoisotopic (exact) mass is 247 g/mol. The number of halogens is 2. The first-order valence-corrected chi connectivity index (χ1v) is 5.54. The zero-order valence-electron chi connectivity index (χ0n) is 8.11. The summed E-state index contributed by atoms with van der Waals surface area (Å²) in [6.07, 6.45) is -3.02. The van der Waals surface area contributed by atoms with Crippen molar-refractivity contribution < 1.29 is 17.2 Å². The average molecular weight is 247 g/mol. The van der Waals surface area contributed by atoms with Crippen molar-refractivity contribution in [2.75, 3.05) is 0 Å². The standard InChI is InChI=1S/C8H7F2N3O2S/c1-4-2-5(3-11)13-8(16(12,14)15)6(4)7(9)10/h2,7H,1H3,(H2,12,14,15). The minimum Gasteiger partial charge on any atom is -0.224 e. The average Bonchev–Trinajstić information content (AvgIpc) is 2.14. The number of hydrogen-bond donors (Lipinski definition) is 1. The molecule has 0 aliphatic carbocycles. The van der Waals surface area contributed by atoms with Crippen molar-refractivity contribution in [2.45, 2.75) is 18.4 Å². The van der Waals surface area contributed by atoms with E-state index in [0.29, 0.717) is 0 Å². The topological polar surface area (TPSA) is 96.8 Å². The van der Waals surface area contributed by atoms with Gasteiger partial charge in [-0.05, 0) is 18.6 Å². The maximum absolute atomic E-state index is 12.6. The predicted molar refractivity (Wildman–Crippen MR) is 50.0 cm³/mol. The number of hydrogen-bond acceptors (Lipinski definition) is 4. The normalized spacial score (nSPS) is 11.5. The summed E-state index contributed by atoms with van der Waals surface area (Å²) in [6.45, 7) is 1.26. The Hall–Kier alpha value is -1.59. The Morgan fingerprint density at radius 3 is 2.50 bits per heavy atom. The molecule has 0 amide bonds. The van der Waals surface area contributed by atoms with Gasteiger partial charge >= 0.3 is 0 Å². The Balaban J connectivity index is 3.69. The van der Waals surface area contributed by atoms with Crippen molar-refractivity contribution in [1.29, 1.82) is 5.26 Å². The fourth-order valence-corrected chi connectivity index (χ4v) is 1.98. The Bertz CT molecular complexity index is 563. The lowest BCUT2D eigenvalue weighted by atomic mass is 10.1. The van der Waals surface area contributed by atoms with Crippen molar-refractivity contribution in [2.24, 2.45) is 5.14 Å². The van der Waals surface area contributed by atoms with Gasteiger partial charge in [-0.1, -0.05) is 0 Å². The van der Waals surface area contributed by atoms with Gasteiger partial charge in [-0.25, -0.2) is 27.3 Å². The quantitative estimate of drug-likeness (QED) is 0.837. The van der Waals surface area contributed by atoms with Gasteiger partial charge in [-0.2, -0.15) is 5.26 Å². The van der Waals surface area contributed by atoms with Crippen molar-refractivity contribution in [1.82, 2.24) is 4.98 Å². The van der Waals surface area contributed by atoms with Crippen LogP contribution in [0.4, 0.5) is 8.78 Å². The number of pyridine rings is 1. The number of sulfonamides is 1. The molecule has 5 nitrogen and oxygen atoms in total. The number of aryl methyl sites for hydroxylation is 1. The summed E-state index contributed by atoms with van der Waals surface area (Å²) in [5, 5.41) is 12.4. The van der Waals surface area contributed by atoms with E-state index < -0.39 is 27.0 Å². The fourth-order valence-electron chi connectivity index (χ4n) is 1.19. The first-order chi connectivity index (χ1) is 7.27. The zero-order valence-corrected chi connectivity index (χ0v) is 8.92. The van der Waals surface area contributed by atoms with Gasteiger partial charge in [-0.15, -0.1) is 0 Å². The molecule has 8 heteroatoms. The summed E-state index contributed by atoms with van der Waals surface area (Å²) in [4.78, 5) is 3.29. The van der Waals surface area contributed by atoms with E-state index in [1.165, 1.54) is 6.92 Å². The number of nitrogens with zero attached hydrogens (tertiary/aromatic N) is 2. The van der Waals surface area contributed by atoms with Crippen molar-refractivity contribution >= 4 is 10.0 Å². The van der Waals surface area contributed by atoms with Gasteiger partial charge in [0.05, 0.1) is 5.56 Å². The van der Waals surface area contributed by atoms with Crippen molar-refractivity contribution in [3.05, 3.63) is 22.9 Å². The Morgan fingerprint density at radius 2 is 2.12 bits per heavy atom. The van der Waals surface area contributed by atoms with E-state index in [-0.39, 0.29) is 11.3 Å². The molecule has 2 N–H and O–H groups in total. The second kappa shape index (κ2) is 4.11. The van der Waals surface area contributed by atoms with Crippen molar-refractivity contribution in [3.63, 3.8) is 0 Å². The number of nitriles is 1. The highest BCUT2D eigenvalue weighted by molar-refractivity contribution is 7.89. The maximum atomic E-state index is 12.6. The molecule has 16 heavy (non-hydrogen) atoms. The fraction of sp³-hybridized carbons (Fsp3) is 0.250. The van der Waals surface area contributed by atoms with Crippen LogP contribution in [0, 0.1) is 18.3 Å². The van der Waals surface area contributed by atoms with Gasteiger partial charge in [-0.3, -0.25) is 0 Å². The Kier molecular flexibility index (Phi) is 3.21. The van der Waals surface area contributed by atoms with Crippen LogP contribution in [-0.2, 0) is 10.0 Å². The SMILES string of the molecule is Cc1cc(C#N)nc(S(N)(=O)=O)c1C(F)F. The summed E-state index contributed by atoms with van der Waals surface area (Å²) >= 11 is 0. The molecule has 0 spiro atoms. The molecule has 0 atom stereocenters. The van der Waals surface area contributed by atoms with Crippen LogP contribution in [0.1, 0.15) is 23.2 Å². The highest BCUT2D eigenvalue weighted by Gasteiger charge is 2.25. The molecule has 1 aromatic rings. The molecule has 0 radical (unpaired) electrons. The molecule has 0 aromatic carbocycles. The molecule has 86 valence electrons. The second-order valence-electron chi connectivity index (χ2n) is 3.00. The molecule has 0 saturated carbocycles. The summed E-state index contributed by atoms with van der Waals surface area (Å²) < 4.78 is 47.3. The van der Waals surface area contributed by atoms with E-state index in [2.05, 4.69) is 4.98 Å². The minimum atomic E-state index is -4.38. The molecular weight excluding hydrogens is 240 g/mol. The number of nitrogens with two attached hydrogens (primary N) is 1. The third-order valence-corrected chi connectivity index (χ3v) is 2.68. The van der Waals surface area contributed by atoms with Crippen LogP contribution in [0.5, 0.6) is 0 Å². The maximum Gasteiger partial charge on any atom is 0.266 e. The lowest BCUT2D eigenvalue weighted by Crippen LogP contribution is -2.18. The molecule has 0 unspecified atom stereocenters. The van der Waals surface area contributed by atoms with Crippen LogP contribution in [0.15, 0.2) is 11.1 Å². The molecule has 0 fully saturated rings. The van der Waals surface area contributed by atoms with E-state index in [1.54, 1.807) is 6.07 Å². The molecule has 0 saturated heterocycles. The van der Waals surface area contributed by atoms with E-state index in [9.17, 15) is 17.2 Å². The van der Waals surface area contributed by atoms with Crippen LogP contribution in [0.3, 0.4) is 0 Å². The molecule has 1 heterocycles. The lowest BCUT2D eigenvalue weighted by molar-refractivity contribution is 0.146. The highest BCUT2D eigenvalue weighted by atomic mass is 32.2. The van der Waals surface area contributed by atoms with Crippen LogP contribution in [0.2, 0.25) is 0 Å². The van der Waals surface area contributed by atoms with Crippen LogP contribution >= 0.6 is 0 Å². The van der Waals surface area contributed by atoms with Gasteiger partial charge in [0.2, 0.25) is 0 Å². The van der Waals surface area contributed by atoms with Crippen LogP contribution in [0.25, 0.3) is 0 Å². The van der Waals surface area contributed by atoms with Gasteiger partial charge in [0.15, 0.2) is 5.03 Å². The number of rotatable bonds is 2. The second-order valence-corrected chi connectivity index (χ2v) is 4.48. The molecule has 1 aromatic heterocycles. The first kappa shape index (κ1) is 12.5. The van der Waals surface area contributed by atoms with Crippen LogP contribution < -0.4 is 5.14 Å². The minimum absolute atomic E-state index is 0.0365. The third-order valence-electron chi connectivity index (χ3n) is 1.83. The van der Waals surface area contributed by atoms with E-state index >= 15 is 0 Å².